The molecule has 1 atom stereocenters. The zero-order valence-electron chi connectivity index (χ0n) is 16.6. The standard InChI is InChI=1S/C24H20ClF2N3O/c25-20-6-2-1-5-18(20)19-13-28-15-29-24(19)17-4-3-11-30(14-17)23(31)10-8-16-7-9-21(26)22(27)12-16/h1-2,5-10,12-13,15,17H,3-4,11,14H2/b10-8+/t17-/m0/s1. The summed E-state index contributed by atoms with van der Waals surface area (Å²) in [7, 11) is 0. The van der Waals surface area contributed by atoms with Gasteiger partial charge in [0.25, 0.3) is 0 Å². The molecular weight excluding hydrogens is 420 g/mol. The van der Waals surface area contributed by atoms with Gasteiger partial charge in [-0.2, -0.15) is 0 Å². The van der Waals surface area contributed by atoms with Crippen LogP contribution in [0.5, 0.6) is 0 Å². The summed E-state index contributed by atoms with van der Waals surface area (Å²) in [5.74, 6) is -1.99. The molecule has 1 aliphatic heterocycles. The highest BCUT2D eigenvalue weighted by Crippen LogP contribution is 2.35. The molecule has 1 aromatic heterocycles. The number of piperidine rings is 1. The van der Waals surface area contributed by atoms with Crippen LogP contribution >= 0.6 is 11.6 Å². The molecule has 3 aromatic rings. The summed E-state index contributed by atoms with van der Waals surface area (Å²) in [6.45, 7) is 1.14. The van der Waals surface area contributed by atoms with Crippen molar-refractivity contribution in [1.29, 1.82) is 0 Å². The normalized spacial score (nSPS) is 16.6. The maximum Gasteiger partial charge on any atom is 0.246 e. The lowest BCUT2D eigenvalue weighted by Gasteiger charge is -2.32. The number of hydrogen-bond donors (Lipinski definition) is 0. The molecule has 0 unspecified atom stereocenters. The van der Waals surface area contributed by atoms with E-state index in [9.17, 15) is 13.6 Å². The highest BCUT2D eigenvalue weighted by atomic mass is 35.5. The molecule has 1 fully saturated rings. The minimum absolute atomic E-state index is 0.0450. The average Bonchev–Trinajstić information content (AvgIpc) is 2.80. The SMILES string of the molecule is O=C(/C=C/c1ccc(F)c(F)c1)N1CCC[C@H](c2ncncc2-c2ccccc2Cl)C1. The molecule has 0 radical (unpaired) electrons. The Balaban J connectivity index is 1.53. The number of benzene rings is 2. The largest absolute Gasteiger partial charge is 0.338 e. The monoisotopic (exact) mass is 439 g/mol. The smallest absolute Gasteiger partial charge is 0.246 e. The molecule has 2 heterocycles. The van der Waals surface area contributed by atoms with Crippen LogP contribution in [0, 0.1) is 11.6 Å². The van der Waals surface area contributed by atoms with Gasteiger partial charge in [-0.05, 0) is 42.7 Å². The van der Waals surface area contributed by atoms with Gasteiger partial charge in [0.05, 0.1) is 5.69 Å². The Kier molecular flexibility index (Phi) is 6.37. The second kappa shape index (κ2) is 9.35. The minimum atomic E-state index is -0.941. The summed E-state index contributed by atoms with van der Waals surface area (Å²) in [5, 5.41) is 0.622. The van der Waals surface area contributed by atoms with E-state index in [0.717, 1.165) is 41.8 Å². The Hall–Kier alpha value is -3.12. The predicted octanol–water partition coefficient (Wildman–Crippen LogP) is 5.49. The first-order valence-electron chi connectivity index (χ1n) is 10.00. The highest BCUT2D eigenvalue weighted by molar-refractivity contribution is 6.33. The quantitative estimate of drug-likeness (QED) is 0.504. The number of amides is 1. The second-order valence-corrected chi connectivity index (χ2v) is 7.84. The van der Waals surface area contributed by atoms with Gasteiger partial charge in [0.15, 0.2) is 11.6 Å². The van der Waals surface area contributed by atoms with Gasteiger partial charge >= 0.3 is 0 Å². The zero-order chi connectivity index (χ0) is 21.8. The van der Waals surface area contributed by atoms with Crippen molar-refractivity contribution in [3.05, 3.63) is 89.0 Å². The summed E-state index contributed by atoms with van der Waals surface area (Å²) in [5.41, 5.74) is 3.02. The van der Waals surface area contributed by atoms with E-state index >= 15 is 0 Å². The van der Waals surface area contributed by atoms with Crippen LogP contribution in [-0.2, 0) is 4.79 Å². The van der Waals surface area contributed by atoms with Crippen LogP contribution in [0.1, 0.15) is 30.0 Å². The fourth-order valence-electron chi connectivity index (χ4n) is 3.84. The highest BCUT2D eigenvalue weighted by Gasteiger charge is 2.27. The van der Waals surface area contributed by atoms with Crippen molar-refractivity contribution >= 4 is 23.6 Å². The summed E-state index contributed by atoms with van der Waals surface area (Å²) in [6.07, 6.45) is 7.89. The van der Waals surface area contributed by atoms with Crippen molar-refractivity contribution in [2.75, 3.05) is 13.1 Å². The number of hydrogen-bond acceptors (Lipinski definition) is 3. The molecule has 1 amide bonds. The lowest BCUT2D eigenvalue weighted by Crippen LogP contribution is -2.38. The van der Waals surface area contributed by atoms with Crippen molar-refractivity contribution in [3.8, 4) is 11.1 Å². The van der Waals surface area contributed by atoms with Gasteiger partial charge in [0.1, 0.15) is 6.33 Å². The molecular formula is C24H20ClF2N3O. The lowest BCUT2D eigenvalue weighted by molar-refractivity contribution is -0.127. The summed E-state index contributed by atoms with van der Waals surface area (Å²) in [6, 6.07) is 11.1. The van der Waals surface area contributed by atoms with Gasteiger partial charge in [-0.25, -0.2) is 18.7 Å². The van der Waals surface area contributed by atoms with Gasteiger partial charge in [-0.15, -0.1) is 0 Å². The first-order valence-corrected chi connectivity index (χ1v) is 10.4. The first-order chi connectivity index (χ1) is 15.0. The zero-order valence-corrected chi connectivity index (χ0v) is 17.4. The van der Waals surface area contributed by atoms with E-state index in [1.165, 1.54) is 24.5 Å². The van der Waals surface area contributed by atoms with E-state index < -0.39 is 11.6 Å². The third-order valence-electron chi connectivity index (χ3n) is 5.39. The number of nitrogens with zero attached hydrogens (tertiary/aromatic N) is 3. The fourth-order valence-corrected chi connectivity index (χ4v) is 4.08. The number of rotatable bonds is 4. The number of likely N-dealkylation sites (tertiary alicyclic amines) is 1. The number of aromatic nitrogens is 2. The van der Waals surface area contributed by atoms with E-state index in [1.807, 2.05) is 24.3 Å². The Morgan fingerprint density at radius 1 is 1.13 bits per heavy atom. The average molecular weight is 440 g/mol. The molecule has 0 spiro atoms. The lowest BCUT2D eigenvalue weighted by atomic mass is 9.90. The van der Waals surface area contributed by atoms with E-state index in [4.69, 9.17) is 11.6 Å². The van der Waals surface area contributed by atoms with Gasteiger partial charge < -0.3 is 4.90 Å². The van der Waals surface area contributed by atoms with Gasteiger partial charge in [0.2, 0.25) is 5.91 Å². The molecule has 2 aromatic carbocycles. The minimum Gasteiger partial charge on any atom is -0.338 e. The van der Waals surface area contributed by atoms with E-state index in [1.54, 1.807) is 11.1 Å². The van der Waals surface area contributed by atoms with Crippen LogP contribution in [0.25, 0.3) is 17.2 Å². The number of halogens is 3. The third kappa shape index (κ3) is 4.80. The Morgan fingerprint density at radius 2 is 1.97 bits per heavy atom. The fraction of sp³-hybridized carbons (Fsp3) is 0.208. The molecule has 158 valence electrons. The maximum absolute atomic E-state index is 13.4. The van der Waals surface area contributed by atoms with Crippen molar-refractivity contribution in [1.82, 2.24) is 14.9 Å². The molecule has 7 heteroatoms. The van der Waals surface area contributed by atoms with Crippen LogP contribution in [-0.4, -0.2) is 33.9 Å². The Labute approximate surface area is 184 Å². The number of carbonyl (C=O) groups is 1. The number of carbonyl (C=O) groups excluding carboxylic acids is 1. The first kappa shape index (κ1) is 21.1. The topological polar surface area (TPSA) is 46.1 Å². The van der Waals surface area contributed by atoms with Crippen molar-refractivity contribution in [3.63, 3.8) is 0 Å². The molecule has 31 heavy (non-hydrogen) atoms. The van der Waals surface area contributed by atoms with Crippen LogP contribution in [0.4, 0.5) is 8.78 Å². The molecule has 4 rings (SSSR count). The molecule has 0 saturated carbocycles. The van der Waals surface area contributed by atoms with E-state index in [0.29, 0.717) is 23.7 Å². The van der Waals surface area contributed by atoms with Crippen LogP contribution < -0.4 is 0 Å². The van der Waals surface area contributed by atoms with Crippen LogP contribution in [0.15, 0.2) is 61.1 Å². The Morgan fingerprint density at radius 3 is 2.77 bits per heavy atom. The van der Waals surface area contributed by atoms with Crippen molar-refractivity contribution < 1.29 is 13.6 Å². The molecule has 0 N–H and O–H groups in total. The molecule has 4 nitrogen and oxygen atoms in total. The second-order valence-electron chi connectivity index (χ2n) is 7.43. The van der Waals surface area contributed by atoms with E-state index in [-0.39, 0.29) is 11.8 Å². The summed E-state index contributed by atoms with van der Waals surface area (Å²) in [4.78, 5) is 23.2. The van der Waals surface area contributed by atoms with Gasteiger partial charge in [-0.3, -0.25) is 4.79 Å². The summed E-state index contributed by atoms with van der Waals surface area (Å²) < 4.78 is 26.5. The Bertz CT molecular complexity index is 1140. The van der Waals surface area contributed by atoms with Crippen molar-refractivity contribution in [2.45, 2.75) is 18.8 Å². The molecule has 1 saturated heterocycles. The van der Waals surface area contributed by atoms with Gasteiger partial charge in [-0.1, -0.05) is 35.9 Å². The van der Waals surface area contributed by atoms with Crippen LogP contribution in [0.2, 0.25) is 5.02 Å². The molecule has 1 aliphatic rings. The van der Waals surface area contributed by atoms with E-state index in [2.05, 4.69) is 9.97 Å². The van der Waals surface area contributed by atoms with Gasteiger partial charge in [0, 0.05) is 47.4 Å². The van der Waals surface area contributed by atoms with Crippen molar-refractivity contribution in [2.24, 2.45) is 0 Å². The molecule has 0 aliphatic carbocycles. The summed E-state index contributed by atoms with van der Waals surface area (Å²) >= 11 is 6.39. The maximum atomic E-state index is 13.4. The van der Waals surface area contributed by atoms with Crippen LogP contribution in [0.3, 0.4) is 0 Å². The third-order valence-corrected chi connectivity index (χ3v) is 5.72. The molecule has 0 bridgehead atoms. The predicted molar refractivity (Wildman–Crippen MR) is 116 cm³/mol.